The van der Waals surface area contributed by atoms with E-state index < -0.39 is 11.8 Å². The molecule has 2 atom stereocenters. The number of carbonyl (C=O) groups is 3. The minimum absolute atomic E-state index is 0.0303. The van der Waals surface area contributed by atoms with E-state index in [9.17, 15) is 14.4 Å². The van der Waals surface area contributed by atoms with Crippen LogP contribution in [-0.2, 0) is 20.9 Å². The van der Waals surface area contributed by atoms with Crippen LogP contribution in [0.3, 0.4) is 0 Å². The van der Waals surface area contributed by atoms with Crippen LogP contribution < -0.4 is 27.0 Å². The molecule has 1 heterocycles. The molecule has 1 saturated heterocycles. The largest absolute Gasteiger partial charge is 0.371 e. The number of anilines is 1. The predicted molar refractivity (Wildman–Crippen MR) is 111 cm³/mol. The molecule has 1 aromatic rings. The Balaban J connectivity index is 1.42. The Morgan fingerprint density at radius 1 is 1.00 bits per heavy atom. The lowest BCUT2D eigenvalue weighted by molar-refractivity contribution is -0.139. The number of rotatable bonds is 6. The van der Waals surface area contributed by atoms with Gasteiger partial charge in [0.15, 0.2) is 0 Å². The number of hydrogen-bond donors (Lipinski definition) is 4. The molecule has 8 heteroatoms. The van der Waals surface area contributed by atoms with Crippen LogP contribution in [0.5, 0.6) is 0 Å². The molecule has 2 aliphatic rings. The monoisotopic (exact) mass is 401 g/mol. The fraction of sp³-hybridized carbons (Fsp3) is 0.571. The fourth-order valence-electron chi connectivity index (χ4n) is 4.18. The molecule has 0 aromatic heterocycles. The first-order valence-electron chi connectivity index (χ1n) is 10.4. The number of nitrogens with two attached hydrogens (primary N) is 2. The van der Waals surface area contributed by atoms with Crippen LogP contribution in [0.2, 0.25) is 0 Å². The van der Waals surface area contributed by atoms with Crippen LogP contribution in [0.15, 0.2) is 24.3 Å². The summed E-state index contributed by atoms with van der Waals surface area (Å²) in [4.78, 5) is 37.6. The number of hydrogen-bond acceptors (Lipinski definition) is 5. The molecular formula is C21H31N5O3. The Hall–Kier alpha value is -2.61. The smallest absolute Gasteiger partial charge is 0.309 e. The standard InChI is InChI=1S/C21H31N5O3/c22-12-15-1-4-17(11-15)25-21(29)20(28)24-13-14-2-5-18(6-3-14)26-9-7-16(8-10-26)19(23)27/h2-3,5-6,15-17H,1,4,7-13,22H2,(H2,23,27)(H,24,28)(H,25,29). The van der Waals surface area contributed by atoms with Crippen molar-refractivity contribution in [2.24, 2.45) is 23.3 Å². The van der Waals surface area contributed by atoms with Gasteiger partial charge >= 0.3 is 11.8 Å². The lowest BCUT2D eigenvalue weighted by atomic mass is 9.96. The van der Waals surface area contributed by atoms with Crippen molar-refractivity contribution in [2.75, 3.05) is 24.5 Å². The second-order valence-corrected chi connectivity index (χ2v) is 8.10. The van der Waals surface area contributed by atoms with Gasteiger partial charge in [0.2, 0.25) is 5.91 Å². The van der Waals surface area contributed by atoms with Crippen molar-refractivity contribution < 1.29 is 14.4 Å². The fourth-order valence-corrected chi connectivity index (χ4v) is 4.18. The maximum Gasteiger partial charge on any atom is 0.309 e. The van der Waals surface area contributed by atoms with Gasteiger partial charge in [-0.1, -0.05) is 12.1 Å². The third-order valence-electron chi connectivity index (χ3n) is 6.07. The van der Waals surface area contributed by atoms with Crippen molar-refractivity contribution in [1.82, 2.24) is 10.6 Å². The number of piperidine rings is 1. The molecule has 1 aromatic carbocycles. The molecule has 2 unspecified atom stereocenters. The molecule has 29 heavy (non-hydrogen) atoms. The lowest BCUT2D eigenvalue weighted by Gasteiger charge is -2.32. The molecule has 1 saturated carbocycles. The van der Waals surface area contributed by atoms with Crippen LogP contribution in [-0.4, -0.2) is 43.4 Å². The van der Waals surface area contributed by atoms with Crippen LogP contribution in [0.25, 0.3) is 0 Å². The first-order valence-corrected chi connectivity index (χ1v) is 10.4. The Labute approximate surface area is 171 Å². The molecule has 0 spiro atoms. The molecule has 158 valence electrons. The summed E-state index contributed by atoms with van der Waals surface area (Å²) < 4.78 is 0. The second-order valence-electron chi connectivity index (χ2n) is 8.10. The molecule has 3 amide bonds. The average Bonchev–Trinajstić information content (AvgIpc) is 3.20. The minimum Gasteiger partial charge on any atom is -0.371 e. The molecule has 1 aliphatic heterocycles. The van der Waals surface area contributed by atoms with Crippen LogP contribution in [0.1, 0.15) is 37.7 Å². The molecule has 8 nitrogen and oxygen atoms in total. The summed E-state index contributed by atoms with van der Waals surface area (Å²) in [7, 11) is 0. The molecule has 3 rings (SSSR count). The van der Waals surface area contributed by atoms with Crippen molar-refractivity contribution >= 4 is 23.4 Å². The summed E-state index contributed by atoms with van der Waals surface area (Å²) in [5.41, 5.74) is 13.0. The molecule has 0 radical (unpaired) electrons. The van der Waals surface area contributed by atoms with E-state index in [2.05, 4.69) is 15.5 Å². The number of nitrogens with one attached hydrogen (secondary N) is 2. The Morgan fingerprint density at radius 2 is 1.69 bits per heavy atom. The third kappa shape index (κ3) is 5.69. The number of benzene rings is 1. The van der Waals surface area contributed by atoms with Gasteiger partial charge in [0.25, 0.3) is 0 Å². The van der Waals surface area contributed by atoms with E-state index in [0.29, 0.717) is 19.0 Å². The summed E-state index contributed by atoms with van der Waals surface area (Å²) in [6, 6.07) is 7.92. The van der Waals surface area contributed by atoms with Crippen molar-refractivity contribution in [3.05, 3.63) is 29.8 Å². The Kier molecular flexibility index (Phi) is 7.09. The normalized spacial score (nSPS) is 22.3. The summed E-state index contributed by atoms with van der Waals surface area (Å²) in [6.45, 7) is 2.52. The SMILES string of the molecule is NCC1CCC(NC(=O)C(=O)NCc2ccc(N3CCC(C(N)=O)CC3)cc2)C1. The van der Waals surface area contributed by atoms with E-state index in [4.69, 9.17) is 11.5 Å². The lowest BCUT2D eigenvalue weighted by Crippen LogP contribution is -2.43. The molecule has 2 fully saturated rings. The Bertz CT molecular complexity index is 728. The van der Waals surface area contributed by atoms with Crippen LogP contribution in [0.4, 0.5) is 5.69 Å². The number of nitrogens with zero attached hydrogens (tertiary/aromatic N) is 1. The zero-order chi connectivity index (χ0) is 20.8. The first kappa shape index (κ1) is 21.1. The highest BCUT2D eigenvalue weighted by Gasteiger charge is 2.27. The molecule has 1 aliphatic carbocycles. The van der Waals surface area contributed by atoms with Crippen molar-refractivity contribution in [3.8, 4) is 0 Å². The highest BCUT2D eigenvalue weighted by atomic mass is 16.2. The minimum atomic E-state index is -0.612. The second kappa shape index (κ2) is 9.73. The number of primary amides is 1. The number of amides is 3. The zero-order valence-electron chi connectivity index (χ0n) is 16.7. The van der Waals surface area contributed by atoms with Crippen molar-refractivity contribution in [3.63, 3.8) is 0 Å². The zero-order valence-corrected chi connectivity index (χ0v) is 16.7. The Morgan fingerprint density at radius 3 is 2.28 bits per heavy atom. The van der Waals surface area contributed by atoms with E-state index in [1.165, 1.54) is 0 Å². The van der Waals surface area contributed by atoms with Gasteiger partial charge in [-0.15, -0.1) is 0 Å². The third-order valence-corrected chi connectivity index (χ3v) is 6.07. The van der Waals surface area contributed by atoms with Gasteiger partial charge in [-0.3, -0.25) is 14.4 Å². The summed E-state index contributed by atoms with van der Waals surface area (Å²) >= 11 is 0. The van der Waals surface area contributed by atoms with Gasteiger partial charge in [0.1, 0.15) is 0 Å². The van der Waals surface area contributed by atoms with Gasteiger partial charge in [0, 0.05) is 37.3 Å². The highest BCUT2D eigenvalue weighted by Crippen LogP contribution is 2.25. The predicted octanol–water partition coefficient (Wildman–Crippen LogP) is 0.248. The van der Waals surface area contributed by atoms with Gasteiger partial charge in [0.05, 0.1) is 0 Å². The van der Waals surface area contributed by atoms with Gasteiger partial charge < -0.3 is 27.0 Å². The highest BCUT2D eigenvalue weighted by molar-refractivity contribution is 6.35. The van der Waals surface area contributed by atoms with E-state index in [1.807, 2.05) is 24.3 Å². The molecule has 0 bridgehead atoms. The van der Waals surface area contributed by atoms with Gasteiger partial charge in [-0.05, 0) is 62.3 Å². The summed E-state index contributed by atoms with van der Waals surface area (Å²) in [5.74, 6) is -1.01. The number of carbonyl (C=O) groups excluding carboxylic acids is 3. The van der Waals surface area contributed by atoms with Crippen molar-refractivity contribution in [2.45, 2.75) is 44.7 Å². The quantitative estimate of drug-likeness (QED) is 0.508. The van der Waals surface area contributed by atoms with E-state index in [-0.39, 0.29) is 17.9 Å². The van der Waals surface area contributed by atoms with E-state index in [0.717, 1.165) is 56.4 Å². The molecular weight excluding hydrogens is 370 g/mol. The first-order chi connectivity index (χ1) is 14.0. The molecule has 6 N–H and O–H groups in total. The summed E-state index contributed by atoms with van der Waals surface area (Å²) in [6.07, 6.45) is 4.26. The van der Waals surface area contributed by atoms with Gasteiger partial charge in [-0.25, -0.2) is 0 Å². The summed E-state index contributed by atoms with van der Waals surface area (Å²) in [5, 5.41) is 5.47. The van der Waals surface area contributed by atoms with Crippen LogP contribution in [0, 0.1) is 11.8 Å². The topological polar surface area (TPSA) is 131 Å². The maximum absolute atomic E-state index is 12.1. The van der Waals surface area contributed by atoms with E-state index in [1.54, 1.807) is 0 Å². The van der Waals surface area contributed by atoms with Crippen molar-refractivity contribution in [1.29, 1.82) is 0 Å². The van der Waals surface area contributed by atoms with E-state index >= 15 is 0 Å². The average molecular weight is 402 g/mol. The van der Waals surface area contributed by atoms with Crippen LogP contribution >= 0.6 is 0 Å². The van der Waals surface area contributed by atoms with Gasteiger partial charge in [-0.2, -0.15) is 0 Å². The maximum atomic E-state index is 12.1.